The molecular weight excluding hydrogens is 272 g/mol. The summed E-state index contributed by atoms with van der Waals surface area (Å²) < 4.78 is 10.9. The van der Waals surface area contributed by atoms with Gasteiger partial charge in [-0.1, -0.05) is 0 Å². The second-order valence-electron chi connectivity index (χ2n) is 5.33. The number of ether oxygens (including phenoxy) is 2. The van der Waals surface area contributed by atoms with E-state index in [0.29, 0.717) is 56.2 Å². The van der Waals surface area contributed by atoms with Gasteiger partial charge in [-0.15, -0.1) is 0 Å². The standard InChI is InChI=1S/C15H18N2O4/c16-14(18)10-3-5-17(6-4-10)15(19)11-1-2-12-13(9-11)21-8-7-20-12/h1-2,9-10H,3-8H2,(H2,16,18). The van der Waals surface area contributed by atoms with Gasteiger partial charge in [0.05, 0.1) is 0 Å². The van der Waals surface area contributed by atoms with Crippen molar-refractivity contribution < 1.29 is 19.1 Å². The van der Waals surface area contributed by atoms with E-state index in [1.54, 1.807) is 23.1 Å². The molecule has 1 aromatic carbocycles. The fraction of sp³-hybridized carbons (Fsp3) is 0.467. The predicted octanol–water partition coefficient (Wildman–Crippen LogP) is 0.795. The number of hydrogen-bond donors (Lipinski definition) is 1. The molecule has 3 rings (SSSR count). The molecule has 0 aromatic heterocycles. The summed E-state index contributed by atoms with van der Waals surface area (Å²) in [4.78, 5) is 25.4. The van der Waals surface area contributed by atoms with Crippen molar-refractivity contribution in [2.75, 3.05) is 26.3 Å². The predicted molar refractivity (Wildman–Crippen MR) is 75.3 cm³/mol. The Morgan fingerprint density at radius 2 is 1.76 bits per heavy atom. The van der Waals surface area contributed by atoms with Crippen LogP contribution in [0.2, 0.25) is 0 Å². The summed E-state index contributed by atoms with van der Waals surface area (Å²) in [6.45, 7) is 2.14. The quantitative estimate of drug-likeness (QED) is 0.873. The molecule has 1 fully saturated rings. The molecule has 112 valence electrons. The number of piperidine rings is 1. The first-order chi connectivity index (χ1) is 10.1. The maximum Gasteiger partial charge on any atom is 0.253 e. The van der Waals surface area contributed by atoms with Gasteiger partial charge in [-0.05, 0) is 31.0 Å². The van der Waals surface area contributed by atoms with Gasteiger partial charge < -0.3 is 20.1 Å². The molecule has 0 spiro atoms. The molecular formula is C15H18N2O4. The molecule has 6 heteroatoms. The van der Waals surface area contributed by atoms with Crippen LogP contribution in [0.25, 0.3) is 0 Å². The summed E-state index contributed by atoms with van der Waals surface area (Å²) >= 11 is 0. The summed E-state index contributed by atoms with van der Waals surface area (Å²) in [7, 11) is 0. The van der Waals surface area contributed by atoms with Crippen molar-refractivity contribution in [1.29, 1.82) is 0 Å². The lowest BCUT2D eigenvalue weighted by atomic mass is 9.96. The Kier molecular flexibility index (Phi) is 3.68. The minimum atomic E-state index is -0.276. The van der Waals surface area contributed by atoms with Gasteiger partial charge in [0.25, 0.3) is 5.91 Å². The fourth-order valence-electron chi connectivity index (χ4n) is 2.73. The number of nitrogens with two attached hydrogens (primary N) is 1. The van der Waals surface area contributed by atoms with E-state index in [9.17, 15) is 9.59 Å². The van der Waals surface area contributed by atoms with E-state index in [2.05, 4.69) is 0 Å². The Bertz CT molecular complexity index is 565. The van der Waals surface area contributed by atoms with Crippen molar-refractivity contribution in [3.63, 3.8) is 0 Å². The van der Waals surface area contributed by atoms with E-state index in [1.807, 2.05) is 0 Å². The van der Waals surface area contributed by atoms with E-state index in [1.165, 1.54) is 0 Å². The number of rotatable bonds is 2. The number of benzene rings is 1. The van der Waals surface area contributed by atoms with Crippen LogP contribution in [-0.2, 0) is 4.79 Å². The number of fused-ring (bicyclic) bond motifs is 1. The Balaban J connectivity index is 1.70. The van der Waals surface area contributed by atoms with Crippen molar-refractivity contribution >= 4 is 11.8 Å². The second kappa shape index (κ2) is 5.63. The highest BCUT2D eigenvalue weighted by Crippen LogP contribution is 2.31. The number of carbonyl (C=O) groups is 2. The Hall–Kier alpha value is -2.24. The zero-order chi connectivity index (χ0) is 14.8. The van der Waals surface area contributed by atoms with Crippen molar-refractivity contribution in [3.05, 3.63) is 23.8 Å². The van der Waals surface area contributed by atoms with Crippen LogP contribution < -0.4 is 15.2 Å². The summed E-state index contributed by atoms with van der Waals surface area (Å²) in [5.74, 6) is 0.843. The molecule has 0 bridgehead atoms. The first-order valence-electron chi connectivity index (χ1n) is 7.13. The van der Waals surface area contributed by atoms with Crippen LogP contribution in [-0.4, -0.2) is 43.0 Å². The smallest absolute Gasteiger partial charge is 0.253 e. The van der Waals surface area contributed by atoms with E-state index in [4.69, 9.17) is 15.2 Å². The van der Waals surface area contributed by atoms with Gasteiger partial charge in [0, 0.05) is 24.6 Å². The topological polar surface area (TPSA) is 81.9 Å². The van der Waals surface area contributed by atoms with Gasteiger partial charge in [-0.3, -0.25) is 9.59 Å². The van der Waals surface area contributed by atoms with Crippen LogP contribution in [0.5, 0.6) is 11.5 Å². The summed E-state index contributed by atoms with van der Waals surface area (Å²) in [6, 6.07) is 5.23. The highest BCUT2D eigenvalue weighted by Gasteiger charge is 2.27. The third kappa shape index (κ3) is 2.79. The SMILES string of the molecule is NC(=O)C1CCN(C(=O)c2ccc3c(c2)OCCO3)CC1. The monoisotopic (exact) mass is 290 g/mol. The average molecular weight is 290 g/mol. The highest BCUT2D eigenvalue weighted by atomic mass is 16.6. The second-order valence-corrected chi connectivity index (χ2v) is 5.33. The first kappa shape index (κ1) is 13.7. The Labute approximate surface area is 122 Å². The van der Waals surface area contributed by atoms with Gasteiger partial charge in [-0.25, -0.2) is 0 Å². The number of hydrogen-bond acceptors (Lipinski definition) is 4. The summed E-state index contributed by atoms with van der Waals surface area (Å²) in [6.07, 6.45) is 1.26. The van der Waals surface area contributed by atoms with E-state index >= 15 is 0 Å². The number of nitrogens with zero attached hydrogens (tertiary/aromatic N) is 1. The molecule has 1 saturated heterocycles. The van der Waals surface area contributed by atoms with Gasteiger partial charge >= 0.3 is 0 Å². The fourth-order valence-corrected chi connectivity index (χ4v) is 2.73. The molecule has 0 radical (unpaired) electrons. The zero-order valence-corrected chi connectivity index (χ0v) is 11.7. The molecule has 1 aromatic rings. The maximum absolute atomic E-state index is 12.5. The van der Waals surface area contributed by atoms with Crippen molar-refractivity contribution in [3.8, 4) is 11.5 Å². The average Bonchev–Trinajstić information content (AvgIpc) is 2.54. The van der Waals surface area contributed by atoms with Crippen LogP contribution in [0.3, 0.4) is 0 Å². The van der Waals surface area contributed by atoms with E-state index in [-0.39, 0.29) is 17.7 Å². The van der Waals surface area contributed by atoms with Crippen LogP contribution in [0.1, 0.15) is 23.2 Å². The van der Waals surface area contributed by atoms with Gasteiger partial charge in [0.1, 0.15) is 13.2 Å². The van der Waals surface area contributed by atoms with Gasteiger partial charge in [0.2, 0.25) is 5.91 Å². The van der Waals surface area contributed by atoms with Crippen molar-refractivity contribution in [1.82, 2.24) is 4.90 Å². The normalized spacial score (nSPS) is 18.4. The lowest BCUT2D eigenvalue weighted by Gasteiger charge is -2.30. The van der Waals surface area contributed by atoms with Crippen molar-refractivity contribution in [2.45, 2.75) is 12.8 Å². The van der Waals surface area contributed by atoms with Crippen LogP contribution >= 0.6 is 0 Å². The molecule has 2 heterocycles. The first-order valence-corrected chi connectivity index (χ1v) is 7.13. The summed E-state index contributed by atoms with van der Waals surface area (Å²) in [5.41, 5.74) is 5.88. The maximum atomic E-state index is 12.5. The zero-order valence-electron chi connectivity index (χ0n) is 11.7. The van der Waals surface area contributed by atoms with Crippen LogP contribution in [0, 0.1) is 5.92 Å². The van der Waals surface area contributed by atoms with Crippen LogP contribution in [0.4, 0.5) is 0 Å². The number of primary amides is 1. The van der Waals surface area contributed by atoms with E-state index < -0.39 is 0 Å². The lowest BCUT2D eigenvalue weighted by molar-refractivity contribution is -0.123. The number of carbonyl (C=O) groups excluding carboxylic acids is 2. The van der Waals surface area contributed by atoms with Gasteiger partial charge in [-0.2, -0.15) is 0 Å². The summed E-state index contributed by atoms with van der Waals surface area (Å²) in [5, 5.41) is 0. The van der Waals surface area contributed by atoms with Crippen molar-refractivity contribution in [2.24, 2.45) is 11.7 Å². The molecule has 2 N–H and O–H groups in total. The van der Waals surface area contributed by atoms with Gasteiger partial charge in [0.15, 0.2) is 11.5 Å². The molecule has 6 nitrogen and oxygen atoms in total. The molecule has 21 heavy (non-hydrogen) atoms. The Morgan fingerprint density at radius 3 is 2.43 bits per heavy atom. The molecule has 2 amide bonds. The number of likely N-dealkylation sites (tertiary alicyclic amines) is 1. The molecule has 0 saturated carbocycles. The molecule has 0 aliphatic carbocycles. The highest BCUT2D eigenvalue weighted by molar-refractivity contribution is 5.95. The van der Waals surface area contributed by atoms with Crippen LogP contribution in [0.15, 0.2) is 18.2 Å². The molecule has 2 aliphatic heterocycles. The van der Waals surface area contributed by atoms with E-state index in [0.717, 1.165) is 0 Å². The minimum absolute atomic E-state index is 0.0464. The third-order valence-corrected chi connectivity index (χ3v) is 3.97. The molecule has 0 unspecified atom stereocenters. The number of amides is 2. The minimum Gasteiger partial charge on any atom is -0.486 e. The Morgan fingerprint density at radius 1 is 1.10 bits per heavy atom. The molecule has 2 aliphatic rings. The third-order valence-electron chi connectivity index (χ3n) is 3.97. The molecule has 0 atom stereocenters. The lowest BCUT2D eigenvalue weighted by Crippen LogP contribution is -2.41. The largest absolute Gasteiger partial charge is 0.486 e.